The van der Waals surface area contributed by atoms with Crippen molar-refractivity contribution in [1.82, 2.24) is 10.2 Å². The highest BCUT2D eigenvalue weighted by Crippen LogP contribution is 2.26. The molecule has 5 nitrogen and oxygen atoms in total. The number of hydrogen-bond donors (Lipinski definition) is 1. The number of benzene rings is 1. The standard InChI is InChI=1S/C29H46N2O3/c1-2-3-21-34-27-17-15-24(16-18-27)22-26(23-31-19-9-10-20-31)30-29(33)14-8-7-13-28(32)25-11-5-4-6-12-25/h15-18,25-26H,2-14,19-23H2,1H3,(H,30,33)/t26-/m0/s1. The third-order valence-corrected chi connectivity index (χ3v) is 7.35. The van der Waals surface area contributed by atoms with Crippen LogP contribution in [0.3, 0.4) is 0 Å². The Balaban J connectivity index is 1.42. The van der Waals surface area contributed by atoms with Crippen molar-refractivity contribution in [3.63, 3.8) is 0 Å². The van der Waals surface area contributed by atoms with Crippen molar-refractivity contribution in [1.29, 1.82) is 0 Å². The molecule has 5 heteroatoms. The van der Waals surface area contributed by atoms with Crippen LogP contribution >= 0.6 is 0 Å². The van der Waals surface area contributed by atoms with Crippen LogP contribution in [-0.4, -0.2) is 48.9 Å². The number of hydrogen-bond acceptors (Lipinski definition) is 4. The maximum absolute atomic E-state index is 12.7. The van der Waals surface area contributed by atoms with Crippen LogP contribution in [0.4, 0.5) is 0 Å². The van der Waals surface area contributed by atoms with Gasteiger partial charge in [0.2, 0.25) is 5.91 Å². The molecular weight excluding hydrogens is 424 g/mol. The molecule has 0 aromatic heterocycles. The molecule has 0 radical (unpaired) electrons. The van der Waals surface area contributed by atoms with E-state index in [2.05, 4.69) is 29.3 Å². The smallest absolute Gasteiger partial charge is 0.220 e. The maximum Gasteiger partial charge on any atom is 0.220 e. The van der Waals surface area contributed by atoms with Crippen molar-refractivity contribution in [3.05, 3.63) is 29.8 Å². The molecule has 1 aliphatic heterocycles. The van der Waals surface area contributed by atoms with Gasteiger partial charge in [0.1, 0.15) is 11.5 Å². The Kier molecular flexibility index (Phi) is 11.9. The van der Waals surface area contributed by atoms with Crippen molar-refractivity contribution in [2.45, 2.75) is 103 Å². The Labute approximate surface area is 207 Å². The Morgan fingerprint density at radius 3 is 2.38 bits per heavy atom. The van der Waals surface area contributed by atoms with E-state index in [9.17, 15) is 9.59 Å². The van der Waals surface area contributed by atoms with Crippen molar-refractivity contribution >= 4 is 11.7 Å². The average Bonchev–Trinajstić information content (AvgIpc) is 3.36. The summed E-state index contributed by atoms with van der Waals surface area (Å²) in [5.74, 6) is 1.75. The first-order valence-electron chi connectivity index (χ1n) is 13.9. The lowest BCUT2D eigenvalue weighted by atomic mass is 9.84. The Bertz CT molecular complexity index is 721. The molecule has 3 rings (SSSR count). The van der Waals surface area contributed by atoms with E-state index in [1.807, 2.05) is 12.1 Å². The van der Waals surface area contributed by atoms with Gasteiger partial charge in [-0.2, -0.15) is 0 Å². The molecule has 1 aliphatic carbocycles. The SMILES string of the molecule is CCCCOc1ccc(C[C@@H](CN2CCCC2)NC(=O)CCCCC(=O)C2CCCCC2)cc1. The molecule has 190 valence electrons. The summed E-state index contributed by atoms with van der Waals surface area (Å²) < 4.78 is 5.79. The predicted molar refractivity (Wildman–Crippen MR) is 138 cm³/mol. The number of amides is 1. The van der Waals surface area contributed by atoms with Gasteiger partial charge in [0.15, 0.2) is 0 Å². The molecule has 1 atom stereocenters. The van der Waals surface area contributed by atoms with E-state index >= 15 is 0 Å². The molecule has 1 N–H and O–H groups in total. The normalized spacial score (nSPS) is 18.0. The summed E-state index contributed by atoms with van der Waals surface area (Å²) in [7, 11) is 0. The number of ketones is 1. The van der Waals surface area contributed by atoms with Crippen LogP contribution in [0.1, 0.15) is 96.0 Å². The molecule has 1 aromatic rings. The highest BCUT2D eigenvalue weighted by molar-refractivity contribution is 5.81. The molecule has 1 saturated heterocycles. The van der Waals surface area contributed by atoms with Crippen molar-refractivity contribution in [3.8, 4) is 5.75 Å². The highest BCUT2D eigenvalue weighted by atomic mass is 16.5. The molecule has 1 saturated carbocycles. The molecule has 0 unspecified atom stereocenters. The lowest BCUT2D eigenvalue weighted by molar-refractivity contribution is -0.125. The van der Waals surface area contributed by atoms with E-state index in [1.54, 1.807) is 0 Å². The summed E-state index contributed by atoms with van der Waals surface area (Å²) in [5.41, 5.74) is 1.23. The van der Waals surface area contributed by atoms with Crippen LogP contribution in [0.2, 0.25) is 0 Å². The van der Waals surface area contributed by atoms with E-state index in [0.29, 0.717) is 18.6 Å². The first kappa shape index (κ1) is 26.7. The zero-order valence-corrected chi connectivity index (χ0v) is 21.4. The number of unbranched alkanes of at least 4 members (excludes halogenated alkanes) is 2. The Morgan fingerprint density at radius 2 is 1.68 bits per heavy atom. The molecule has 2 aliphatic rings. The van der Waals surface area contributed by atoms with E-state index in [0.717, 1.165) is 76.9 Å². The number of nitrogens with zero attached hydrogens (tertiary/aromatic N) is 1. The van der Waals surface area contributed by atoms with E-state index in [1.165, 1.54) is 37.7 Å². The molecule has 1 heterocycles. The van der Waals surface area contributed by atoms with Crippen LogP contribution in [0.5, 0.6) is 5.75 Å². The second kappa shape index (κ2) is 15.2. The van der Waals surface area contributed by atoms with Gasteiger partial charge in [-0.3, -0.25) is 9.59 Å². The molecular formula is C29H46N2O3. The summed E-state index contributed by atoms with van der Waals surface area (Å²) in [6, 6.07) is 8.45. The molecule has 0 spiro atoms. The number of rotatable bonds is 15. The summed E-state index contributed by atoms with van der Waals surface area (Å²) in [5, 5.41) is 3.30. The molecule has 34 heavy (non-hydrogen) atoms. The maximum atomic E-state index is 12.7. The summed E-state index contributed by atoms with van der Waals surface area (Å²) in [6.07, 6.45) is 14.1. The fraction of sp³-hybridized carbons (Fsp3) is 0.724. The van der Waals surface area contributed by atoms with Gasteiger partial charge in [-0.15, -0.1) is 0 Å². The topological polar surface area (TPSA) is 58.6 Å². The van der Waals surface area contributed by atoms with Gasteiger partial charge in [-0.05, 0) is 82.2 Å². The van der Waals surface area contributed by atoms with Crippen molar-refractivity contribution < 1.29 is 14.3 Å². The number of carbonyl (C=O) groups is 2. The third-order valence-electron chi connectivity index (χ3n) is 7.35. The zero-order valence-electron chi connectivity index (χ0n) is 21.4. The predicted octanol–water partition coefficient (Wildman–Crippen LogP) is 5.70. The first-order chi connectivity index (χ1) is 16.6. The lowest BCUT2D eigenvalue weighted by Gasteiger charge is -2.25. The van der Waals surface area contributed by atoms with Gasteiger partial charge < -0.3 is 15.0 Å². The largest absolute Gasteiger partial charge is 0.494 e. The first-order valence-corrected chi connectivity index (χ1v) is 13.9. The number of nitrogens with one attached hydrogen (secondary N) is 1. The van der Waals surface area contributed by atoms with Crippen LogP contribution in [-0.2, 0) is 16.0 Å². The Morgan fingerprint density at radius 1 is 0.971 bits per heavy atom. The minimum Gasteiger partial charge on any atom is -0.494 e. The zero-order chi connectivity index (χ0) is 24.0. The fourth-order valence-corrected chi connectivity index (χ4v) is 5.29. The monoisotopic (exact) mass is 470 g/mol. The van der Waals surface area contributed by atoms with Crippen LogP contribution in [0, 0.1) is 5.92 Å². The summed E-state index contributed by atoms with van der Waals surface area (Å²) in [6.45, 7) is 6.08. The molecule has 1 amide bonds. The van der Waals surface area contributed by atoms with Gasteiger partial charge >= 0.3 is 0 Å². The second-order valence-electron chi connectivity index (χ2n) is 10.3. The third kappa shape index (κ3) is 9.77. The summed E-state index contributed by atoms with van der Waals surface area (Å²) >= 11 is 0. The minimum absolute atomic E-state index is 0.112. The summed E-state index contributed by atoms with van der Waals surface area (Å²) in [4.78, 5) is 27.6. The molecule has 1 aromatic carbocycles. The number of ether oxygens (including phenoxy) is 1. The average molecular weight is 471 g/mol. The fourth-order valence-electron chi connectivity index (χ4n) is 5.29. The second-order valence-corrected chi connectivity index (χ2v) is 10.3. The van der Waals surface area contributed by atoms with Crippen LogP contribution in [0.15, 0.2) is 24.3 Å². The van der Waals surface area contributed by atoms with Gasteiger partial charge in [0.05, 0.1) is 6.61 Å². The van der Waals surface area contributed by atoms with Gasteiger partial charge in [0.25, 0.3) is 0 Å². The van der Waals surface area contributed by atoms with E-state index in [-0.39, 0.29) is 17.9 Å². The quantitative estimate of drug-likeness (QED) is 0.334. The van der Waals surface area contributed by atoms with Crippen LogP contribution in [0.25, 0.3) is 0 Å². The van der Waals surface area contributed by atoms with Gasteiger partial charge in [-0.1, -0.05) is 44.7 Å². The van der Waals surface area contributed by atoms with E-state index < -0.39 is 0 Å². The minimum atomic E-state index is 0.112. The Hall–Kier alpha value is -1.88. The van der Waals surface area contributed by atoms with E-state index in [4.69, 9.17) is 4.74 Å². The number of Topliss-reactive ketones (excluding diaryl/α,β-unsaturated/α-hetero) is 1. The van der Waals surface area contributed by atoms with Gasteiger partial charge in [-0.25, -0.2) is 0 Å². The van der Waals surface area contributed by atoms with Gasteiger partial charge in [0, 0.05) is 31.3 Å². The highest BCUT2D eigenvalue weighted by Gasteiger charge is 2.21. The number of likely N-dealkylation sites (tertiary alicyclic amines) is 1. The molecule has 0 bridgehead atoms. The van der Waals surface area contributed by atoms with Crippen LogP contribution < -0.4 is 10.1 Å². The van der Waals surface area contributed by atoms with Crippen molar-refractivity contribution in [2.75, 3.05) is 26.2 Å². The number of carbonyl (C=O) groups excluding carboxylic acids is 2. The van der Waals surface area contributed by atoms with Crippen molar-refractivity contribution in [2.24, 2.45) is 5.92 Å². The molecule has 2 fully saturated rings. The lowest BCUT2D eigenvalue weighted by Crippen LogP contribution is -2.44.